The van der Waals surface area contributed by atoms with Gasteiger partial charge < -0.3 is 46.8 Å². The molecule has 352 valence electrons. The highest BCUT2D eigenvalue weighted by molar-refractivity contribution is 8.76. The number of carboxylic acids is 1. The van der Waals surface area contributed by atoms with Gasteiger partial charge in [-0.1, -0.05) is 21.6 Å². The van der Waals surface area contributed by atoms with Crippen molar-refractivity contribution in [2.75, 3.05) is 42.8 Å². The zero-order chi connectivity index (χ0) is 47.9. The van der Waals surface area contributed by atoms with Crippen molar-refractivity contribution >= 4 is 85.6 Å². The third kappa shape index (κ3) is 13.9. The maximum absolute atomic E-state index is 13.2. The number of nitrogens with zero attached hydrogens (tertiary/aromatic N) is 4. The van der Waals surface area contributed by atoms with Gasteiger partial charge >= 0.3 is 5.97 Å². The number of aliphatic carboxylic acids is 1. The molecule has 10 N–H and O–H groups in total. The summed E-state index contributed by atoms with van der Waals surface area (Å²) in [6, 6.07) is 8.87. The Morgan fingerprint density at radius 2 is 1.66 bits per heavy atom. The molecule has 0 saturated carbocycles. The van der Waals surface area contributed by atoms with Crippen LogP contribution in [0.3, 0.4) is 0 Å². The highest BCUT2D eigenvalue weighted by Gasteiger charge is 2.23. The van der Waals surface area contributed by atoms with Crippen LogP contribution in [0, 0.1) is 13.8 Å². The number of fused-ring (bicyclic) bond motifs is 1. The van der Waals surface area contributed by atoms with Crippen LogP contribution in [0.5, 0.6) is 0 Å². The van der Waals surface area contributed by atoms with Crippen LogP contribution in [0.25, 0.3) is 17.2 Å². The first-order valence-corrected chi connectivity index (χ1v) is 23.9. The summed E-state index contributed by atoms with van der Waals surface area (Å²) < 4.78 is 5.55. The van der Waals surface area contributed by atoms with E-state index in [1.165, 1.54) is 29.1 Å². The molecule has 5 aromatic rings. The van der Waals surface area contributed by atoms with E-state index in [0.29, 0.717) is 78.7 Å². The van der Waals surface area contributed by atoms with Gasteiger partial charge in [0.05, 0.1) is 37.0 Å². The molecule has 20 nitrogen and oxygen atoms in total. The van der Waals surface area contributed by atoms with E-state index in [1.54, 1.807) is 30.0 Å². The third-order valence-electron chi connectivity index (χ3n) is 10.4. The summed E-state index contributed by atoms with van der Waals surface area (Å²) >= 11 is 0. The van der Waals surface area contributed by atoms with Crippen molar-refractivity contribution in [2.45, 2.75) is 65.0 Å². The molecule has 0 spiro atoms. The van der Waals surface area contributed by atoms with Crippen LogP contribution >= 0.6 is 21.6 Å². The quantitative estimate of drug-likeness (QED) is 0.0220. The molecule has 0 bridgehead atoms. The molecule has 3 amide bonds. The number of nitrogens with one attached hydrogen (secondary N) is 7. The second kappa shape index (κ2) is 23.8. The molecule has 67 heavy (non-hydrogen) atoms. The zero-order valence-corrected chi connectivity index (χ0v) is 38.7. The number of ketones is 1. The van der Waals surface area contributed by atoms with E-state index < -0.39 is 23.5 Å². The van der Waals surface area contributed by atoms with E-state index >= 15 is 0 Å². The Balaban J connectivity index is 0.798. The van der Waals surface area contributed by atoms with Crippen LogP contribution in [-0.4, -0.2) is 108 Å². The number of methoxy groups -OCH3 is 1. The molecule has 1 aliphatic heterocycles. The SMILES string of the molecule is COC1=CC(c2ccc[nH]2)=N/C1=C\c1[nH]c(C)c(C(=O)CCCCC(=O)NCCSSCCNC(=O)CC[C@H](NC(=O)c2ccc(NCc3cnc4nc(N)[nH]c(=O)c4n3)cc2)C(=O)O)c1C. The topological polar surface area (TPSA) is 304 Å². The average Bonchev–Trinajstić information content (AvgIpc) is 4.06. The number of aliphatic imine (C=N–C) groups is 1. The minimum atomic E-state index is -1.28. The van der Waals surface area contributed by atoms with Crippen molar-refractivity contribution in [3.05, 3.63) is 116 Å². The number of unbranched alkanes of at least 4 members (excludes halogenated alkanes) is 1. The Bertz CT molecular complexity index is 2750. The van der Waals surface area contributed by atoms with Gasteiger partial charge in [0.25, 0.3) is 11.5 Å². The fourth-order valence-electron chi connectivity index (χ4n) is 7.00. The monoisotopic (exact) mass is 952 g/mol. The number of anilines is 2. The molecule has 5 heterocycles. The normalized spacial score (nSPS) is 13.2. The number of allylic oxidation sites excluding steroid dienone is 1. The first-order chi connectivity index (χ1) is 32.3. The lowest BCUT2D eigenvalue weighted by Gasteiger charge is -2.15. The third-order valence-corrected chi connectivity index (χ3v) is 12.8. The van der Waals surface area contributed by atoms with Gasteiger partial charge in [0.15, 0.2) is 16.9 Å². The number of carbonyl (C=O) groups is 5. The number of ether oxygens (including phenoxy) is 1. The number of aromatic nitrogens is 6. The largest absolute Gasteiger partial charge is 0.494 e. The van der Waals surface area contributed by atoms with Crippen LogP contribution in [0.4, 0.5) is 11.6 Å². The number of nitrogens with two attached hydrogens (primary N) is 1. The summed E-state index contributed by atoms with van der Waals surface area (Å²) in [6.07, 6.45) is 8.64. The van der Waals surface area contributed by atoms with Crippen LogP contribution in [0.15, 0.2) is 76.1 Å². The number of aromatic amines is 3. The Morgan fingerprint density at radius 1 is 0.940 bits per heavy atom. The van der Waals surface area contributed by atoms with Crippen molar-refractivity contribution in [3.63, 3.8) is 0 Å². The molecule has 0 unspecified atom stereocenters. The van der Waals surface area contributed by atoms with Gasteiger partial charge in [-0.2, -0.15) is 4.98 Å². The maximum Gasteiger partial charge on any atom is 0.326 e. The number of nitrogen functional groups attached to an aromatic ring is 1. The highest BCUT2D eigenvalue weighted by atomic mass is 33.1. The highest BCUT2D eigenvalue weighted by Crippen LogP contribution is 2.28. The number of carbonyl (C=O) groups excluding carboxylic acids is 4. The van der Waals surface area contributed by atoms with Gasteiger partial charge in [0.2, 0.25) is 17.8 Å². The predicted octanol–water partition coefficient (Wildman–Crippen LogP) is 4.57. The number of amides is 3. The molecule has 0 aliphatic carbocycles. The van der Waals surface area contributed by atoms with Crippen molar-refractivity contribution in [1.29, 1.82) is 0 Å². The average molecular weight is 953 g/mol. The Hall–Kier alpha value is -7.20. The molecular weight excluding hydrogens is 901 g/mol. The lowest BCUT2D eigenvalue weighted by atomic mass is 10.0. The first kappa shape index (κ1) is 49.2. The van der Waals surface area contributed by atoms with Gasteiger partial charge in [-0.05, 0) is 81.1 Å². The summed E-state index contributed by atoms with van der Waals surface area (Å²) in [6.45, 7) is 4.84. The van der Waals surface area contributed by atoms with E-state index in [9.17, 15) is 33.9 Å². The fraction of sp³-hybridized carbons (Fsp3) is 0.333. The molecule has 0 fully saturated rings. The fourth-order valence-corrected chi connectivity index (χ4v) is 8.81. The van der Waals surface area contributed by atoms with Crippen molar-refractivity contribution in [3.8, 4) is 0 Å². The van der Waals surface area contributed by atoms with Crippen molar-refractivity contribution < 1.29 is 33.8 Å². The first-order valence-electron chi connectivity index (χ1n) is 21.4. The van der Waals surface area contributed by atoms with E-state index in [1.807, 2.05) is 44.3 Å². The number of benzene rings is 1. The maximum atomic E-state index is 13.2. The van der Waals surface area contributed by atoms with E-state index in [4.69, 9.17) is 15.5 Å². The van der Waals surface area contributed by atoms with Crippen molar-refractivity contribution in [2.24, 2.45) is 4.99 Å². The summed E-state index contributed by atoms with van der Waals surface area (Å²) in [5, 5.41) is 21.0. The molecule has 4 aromatic heterocycles. The number of hydrogen-bond acceptors (Lipinski definition) is 15. The molecular formula is C45H52N12O8S2. The van der Waals surface area contributed by atoms with Crippen LogP contribution in [0.2, 0.25) is 0 Å². The van der Waals surface area contributed by atoms with Gasteiger partial charge in [-0.15, -0.1) is 0 Å². The number of aryl methyl sites for hydroxylation is 1. The molecule has 1 atom stereocenters. The van der Waals surface area contributed by atoms with Crippen molar-refractivity contribution in [1.82, 2.24) is 45.9 Å². The number of H-pyrrole nitrogens is 3. The Morgan fingerprint density at radius 3 is 2.34 bits per heavy atom. The minimum Gasteiger partial charge on any atom is -0.494 e. The molecule has 6 rings (SSSR count). The minimum absolute atomic E-state index is 0.0203. The van der Waals surface area contributed by atoms with Gasteiger partial charge in [0.1, 0.15) is 17.5 Å². The van der Waals surface area contributed by atoms with E-state index in [0.717, 1.165) is 28.4 Å². The Kier molecular flexibility index (Phi) is 17.5. The molecule has 0 radical (unpaired) electrons. The Labute approximate surface area is 392 Å². The lowest BCUT2D eigenvalue weighted by molar-refractivity contribution is -0.139. The summed E-state index contributed by atoms with van der Waals surface area (Å²) in [7, 11) is 4.68. The smallest absolute Gasteiger partial charge is 0.326 e. The van der Waals surface area contributed by atoms with E-state index in [-0.39, 0.29) is 59.7 Å². The zero-order valence-electron chi connectivity index (χ0n) is 37.1. The molecule has 0 saturated heterocycles. The van der Waals surface area contributed by atoms with Gasteiger partial charge in [0, 0.05) is 84.3 Å². The predicted molar refractivity (Wildman–Crippen MR) is 259 cm³/mol. The summed E-state index contributed by atoms with van der Waals surface area (Å²) in [5.74, 6) is -0.447. The standard InChI is InChI=1S/C45H52N12O8S2/c1-25-32(21-34-36(65-3)22-33(54-34)30-7-6-16-47-30)52-26(2)39(25)35(58)8-4-5-9-37(59)48-17-19-66-67-20-18-49-38(60)15-14-31(44(63)64)55-42(61)27-10-12-28(13-11-27)50-23-29-24-51-41-40(53-29)43(62)57-45(46)56-41/h6-7,10-13,16,21-22,24,31,47,50,52H,4-5,8-9,14-15,17-20,23H2,1-3H3,(H,48,59)(H,49,60)(H,55,61)(H,63,64)(H3,46,51,56,57,62)/b34-21-/t31-/m0/s1. The molecule has 1 aliphatic rings. The second-order valence-corrected chi connectivity index (χ2v) is 18.0. The van der Waals surface area contributed by atoms with E-state index in [2.05, 4.69) is 51.2 Å². The summed E-state index contributed by atoms with van der Waals surface area (Å²) in [5.41, 5.74) is 11.9. The summed E-state index contributed by atoms with van der Waals surface area (Å²) in [4.78, 5) is 101. The van der Waals surface area contributed by atoms with Gasteiger partial charge in [-0.25, -0.2) is 19.8 Å². The van der Waals surface area contributed by atoms with Crippen LogP contribution in [-0.2, 0) is 25.7 Å². The molecule has 1 aromatic carbocycles. The van der Waals surface area contributed by atoms with Gasteiger partial charge in [-0.3, -0.25) is 29.0 Å². The number of carboxylic acid groups (broad SMARTS) is 1. The van der Waals surface area contributed by atoms with Crippen LogP contribution in [0.1, 0.15) is 87.6 Å². The molecule has 22 heteroatoms. The number of Topliss-reactive ketones (excluding diaryl/α,β-unsaturated/α-hetero) is 1. The number of hydrogen-bond donors (Lipinski definition) is 9. The second-order valence-electron chi connectivity index (χ2n) is 15.3. The van der Waals surface area contributed by atoms with Crippen LogP contribution < -0.4 is 32.6 Å². The lowest BCUT2D eigenvalue weighted by Crippen LogP contribution is -2.41. The number of rotatable bonds is 25.